The van der Waals surface area contributed by atoms with Crippen LogP contribution < -0.4 is 9.62 Å². The zero-order valence-electron chi connectivity index (χ0n) is 17.1. The number of nitrogens with zero attached hydrogens (tertiary/aromatic N) is 1. The van der Waals surface area contributed by atoms with Gasteiger partial charge in [0.1, 0.15) is 18.2 Å². The predicted molar refractivity (Wildman–Crippen MR) is 123 cm³/mol. The van der Waals surface area contributed by atoms with E-state index in [0.29, 0.717) is 23.6 Å². The van der Waals surface area contributed by atoms with Crippen LogP contribution in [0.4, 0.5) is 14.5 Å². The molecule has 5 nitrogen and oxygen atoms in total. The molecule has 0 aromatic heterocycles. The number of sulfonamides is 1. The van der Waals surface area contributed by atoms with Gasteiger partial charge in [-0.05, 0) is 48.0 Å². The number of hydrogen-bond donors (Lipinski definition) is 1. The molecule has 3 rings (SSSR count). The third-order valence-electron chi connectivity index (χ3n) is 4.52. The first kappa shape index (κ1) is 23.7. The smallest absolute Gasteiger partial charge is 0.264 e. The summed E-state index contributed by atoms with van der Waals surface area (Å²) in [7, 11) is -4.03. The van der Waals surface area contributed by atoms with Crippen molar-refractivity contribution in [1.29, 1.82) is 0 Å². The second-order valence-corrected chi connectivity index (χ2v) is 9.76. The van der Waals surface area contributed by atoms with Gasteiger partial charge in [0.05, 0.1) is 10.6 Å². The highest BCUT2D eigenvalue weighted by Crippen LogP contribution is 2.23. The fraction of sp³-hybridized carbons (Fsp3) is 0.174. The van der Waals surface area contributed by atoms with Gasteiger partial charge in [0.15, 0.2) is 0 Å². The van der Waals surface area contributed by atoms with E-state index in [9.17, 15) is 22.0 Å². The van der Waals surface area contributed by atoms with Gasteiger partial charge in [0.2, 0.25) is 5.91 Å². The van der Waals surface area contributed by atoms with Crippen molar-refractivity contribution in [2.75, 3.05) is 23.1 Å². The Hall–Kier alpha value is -2.91. The minimum atomic E-state index is -4.03. The molecule has 0 aliphatic rings. The average molecular weight is 477 g/mol. The maximum Gasteiger partial charge on any atom is 0.264 e. The van der Waals surface area contributed by atoms with Gasteiger partial charge >= 0.3 is 0 Å². The minimum Gasteiger partial charge on any atom is -0.354 e. The summed E-state index contributed by atoms with van der Waals surface area (Å²) >= 11 is 1.45. The van der Waals surface area contributed by atoms with Gasteiger partial charge in [0.25, 0.3) is 10.0 Å². The number of halogens is 2. The third-order valence-corrected chi connectivity index (χ3v) is 7.31. The molecular weight excluding hydrogens is 454 g/mol. The van der Waals surface area contributed by atoms with E-state index in [2.05, 4.69) is 5.32 Å². The Morgan fingerprint density at radius 2 is 1.56 bits per heavy atom. The van der Waals surface area contributed by atoms with Gasteiger partial charge < -0.3 is 5.32 Å². The number of carbonyl (C=O) groups is 1. The van der Waals surface area contributed by atoms with E-state index < -0.39 is 28.3 Å². The Labute approximate surface area is 190 Å². The van der Waals surface area contributed by atoms with Crippen LogP contribution in [0.15, 0.2) is 83.8 Å². The van der Waals surface area contributed by atoms with Gasteiger partial charge in [-0.3, -0.25) is 9.10 Å². The first-order valence-corrected chi connectivity index (χ1v) is 12.4. The number of carbonyl (C=O) groups excluding carboxylic acids is 1. The van der Waals surface area contributed by atoms with Gasteiger partial charge in [-0.1, -0.05) is 36.4 Å². The molecule has 3 aromatic carbocycles. The summed E-state index contributed by atoms with van der Waals surface area (Å²) < 4.78 is 54.2. The number of anilines is 1. The maximum atomic E-state index is 13.6. The van der Waals surface area contributed by atoms with Crippen molar-refractivity contribution in [2.45, 2.75) is 10.6 Å². The molecule has 9 heteroatoms. The number of hydrogen-bond acceptors (Lipinski definition) is 4. The molecule has 0 spiro atoms. The van der Waals surface area contributed by atoms with Crippen LogP contribution in [0.5, 0.6) is 0 Å². The molecule has 0 saturated heterocycles. The molecule has 0 radical (unpaired) electrons. The molecule has 32 heavy (non-hydrogen) atoms. The lowest BCUT2D eigenvalue weighted by molar-refractivity contribution is -0.119. The second-order valence-electron chi connectivity index (χ2n) is 6.80. The number of nitrogens with one attached hydrogen (secondary N) is 1. The van der Waals surface area contributed by atoms with Gasteiger partial charge in [-0.2, -0.15) is 11.8 Å². The monoisotopic (exact) mass is 476 g/mol. The Balaban J connectivity index is 1.62. The van der Waals surface area contributed by atoms with Crippen molar-refractivity contribution in [1.82, 2.24) is 5.32 Å². The van der Waals surface area contributed by atoms with Gasteiger partial charge in [0, 0.05) is 18.1 Å². The molecule has 0 fully saturated rings. The van der Waals surface area contributed by atoms with E-state index in [1.165, 1.54) is 42.1 Å². The van der Waals surface area contributed by atoms with E-state index >= 15 is 0 Å². The van der Waals surface area contributed by atoms with Gasteiger partial charge in [-0.25, -0.2) is 17.2 Å². The van der Waals surface area contributed by atoms with Crippen LogP contribution in [0, 0.1) is 11.6 Å². The van der Waals surface area contributed by atoms with Crippen molar-refractivity contribution >= 4 is 33.4 Å². The van der Waals surface area contributed by atoms with Gasteiger partial charge in [-0.15, -0.1) is 0 Å². The zero-order chi connectivity index (χ0) is 23.0. The molecular formula is C23H22F2N2O3S2. The van der Waals surface area contributed by atoms with Crippen LogP contribution in [0.25, 0.3) is 0 Å². The Bertz CT molecular complexity index is 1140. The number of rotatable bonds is 10. The Kier molecular flexibility index (Phi) is 8.24. The summed E-state index contributed by atoms with van der Waals surface area (Å²) in [6.45, 7) is -0.165. The highest BCUT2D eigenvalue weighted by Gasteiger charge is 2.27. The van der Waals surface area contributed by atoms with Crippen LogP contribution in [0.3, 0.4) is 0 Å². The predicted octanol–water partition coefficient (Wildman–Crippen LogP) is 4.21. The molecule has 3 aromatic rings. The molecule has 0 heterocycles. The average Bonchev–Trinajstić information content (AvgIpc) is 2.79. The number of thioether (sulfide) groups is 1. The standard InChI is InChI=1S/C23H22F2N2O3S2/c24-19-10-12-20(13-11-19)27(32(29,30)21-7-2-1-3-8-21)16-23(28)26-14-15-31-17-18-6-4-5-9-22(18)25/h1-13H,14-17H2,(H,26,28). The van der Waals surface area contributed by atoms with Crippen LogP contribution in [0.1, 0.15) is 5.56 Å². The molecule has 1 N–H and O–H groups in total. The molecule has 0 atom stereocenters. The SMILES string of the molecule is O=C(CN(c1ccc(F)cc1)S(=O)(=O)c1ccccc1)NCCSCc1ccccc1F. The normalized spacial score (nSPS) is 11.2. The van der Waals surface area contributed by atoms with Crippen molar-refractivity contribution < 1.29 is 22.0 Å². The van der Waals surface area contributed by atoms with Crippen LogP contribution in [-0.2, 0) is 20.6 Å². The van der Waals surface area contributed by atoms with Crippen LogP contribution >= 0.6 is 11.8 Å². The lowest BCUT2D eigenvalue weighted by Crippen LogP contribution is -2.41. The molecule has 0 saturated carbocycles. The summed E-state index contributed by atoms with van der Waals surface area (Å²) in [6, 6.07) is 19.1. The Morgan fingerprint density at radius 3 is 2.25 bits per heavy atom. The van der Waals surface area contributed by atoms with E-state index in [1.807, 2.05) is 0 Å². The van der Waals surface area contributed by atoms with E-state index in [1.54, 1.807) is 36.4 Å². The molecule has 1 amide bonds. The van der Waals surface area contributed by atoms with E-state index in [0.717, 1.165) is 16.4 Å². The molecule has 168 valence electrons. The molecule has 0 unspecified atom stereocenters. The highest BCUT2D eigenvalue weighted by molar-refractivity contribution is 7.98. The third kappa shape index (κ3) is 6.30. The van der Waals surface area contributed by atoms with Crippen LogP contribution in [0.2, 0.25) is 0 Å². The zero-order valence-corrected chi connectivity index (χ0v) is 18.7. The van der Waals surface area contributed by atoms with Crippen molar-refractivity contribution in [3.63, 3.8) is 0 Å². The Morgan fingerprint density at radius 1 is 0.906 bits per heavy atom. The number of benzene rings is 3. The summed E-state index contributed by atoms with van der Waals surface area (Å²) in [6.07, 6.45) is 0. The van der Waals surface area contributed by atoms with E-state index in [-0.39, 0.29) is 16.4 Å². The quantitative estimate of drug-likeness (QED) is 0.445. The fourth-order valence-corrected chi connectivity index (χ4v) is 5.18. The second kappa shape index (κ2) is 11.1. The molecule has 0 bridgehead atoms. The summed E-state index contributed by atoms with van der Waals surface area (Å²) in [5.74, 6) is -0.290. The maximum absolute atomic E-state index is 13.6. The number of amides is 1. The van der Waals surface area contributed by atoms with Crippen LogP contribution in [-0.4, -0.2) is 33.2 Å². The van der Waals surface area contributed by atoms with Crippen molar-refractivity contribution in [2.24, 2.45) is 0 Å². The first-order chi connectivity index (χ1) is 15.4. The largest absolute Gasteiger partial charge is 0.354 e. The first-order valence-electron chi connectivity index (χ1n) is 9.79. The topological polar surface area (TPSA) is 66.5 Å². The van der Waals surface area contributed by atoms with Crippen molar-refractivity contribution in [3.8, 4) is 0 Å². The summed E-state index contributed by atoms with van der Waals surface area (Å²) in [4.78, 5) is 12.5. The highest BCUT2D eigenvalue weighted by atomic mass is 32.2. The summed E-state index contributed by atoms with van der Waals surface area (Å²) in [5, 5.41) is 2.69. The lowest BCUT2D eigenvalue weighted by atomic mass is 10.2. The lowest BCUT2D eigenvalue weighted by Gasteiger charge is -2.24. The van der Waals surface area contributed by atoms with E-state index in [4.69, 9.17) is 0 Å². The van der Waals surface area contributed by atoms with Crippen molar-refractivity contribution in [3.05, 3.63) is 96.1 Å². The molecule has 0 aliphatic heterocycles. The minimum absolute atomic E-state index is 0.0255. The summed E-state index contributed by atoms with van der Waals surface area (Å²) in [5.41, 5.74) is 0.764. The fourth-order valence-electron chi connectivity index (χ4n) is 2.89. The molecule has 0 aliphatic carbocycles.